The average molecular weight is 432 g/mol. The molecule has 3 aromatic rings. The maximum Gasteiger partial charge on any atom is 0.453 e. The van der Waals surface area contributed by atoms with E-state index >= 15 is 0 Å². The molecule has 1 unspecified atom stereocenters. The first kappa shape index (κ1) is 21.2. The number of alkyl halides is 3. The molecule has 1 atom stereocenters. The lowest BCUT2D eigenvalue weighted by atomic mass is 10.0. The van der Waals surface area contributed by atoms with Crippen molar-refractivity contribution in [2.45, 2.75) is 44.9 Å². The molecule has 1 amide bonds. The standard InChI is InChI=1S/C21H23F3N6O/c1-14-4-2-3-11-29(14)13-18(31)26-12-15-5-7-16(8-6-15)17-9-10-25-20-27-19(21(22,23)24)28-30(17)20/h5-10,14H,2-4,11-13H2,1H3,(H,26,31). The molecule has 1 saturated heterocycles. The Kier molecular flexibility index (Phi) is 5.90. The number of likely N-dealkylation sites (tertiary alicyclic amines) is 1. The molecule has 0 bridgehead atoms. The van der Waals surface area contributed by atoms with Gasteiger partial charge in [0.1, 0.15) is 0 Å². The third-order valence-electron chi connectivity index (χ3n) is 5.52. The molecule has 7 nitrogen and oxygen atoms in total. The topological polar surface area (TPSA) is 75.4 Å². The molecule has 2 aromatic heterocycles. The lowest BCUT2D eigenvalue weighted by molar-refractivity contribution is -0.144. The van der Waals surface area contributed by atoms with E-state index in [1.165, 1.54) is 12.6 Å². The predicted molar refractivity (Wildman–Crippen MR) is 108 cm³/mol. The normalized spacial score (nSPS) is 17.7. The zero-order chi connectivity index (χ0) is 22.0. The molecule has 10 heteroatoms. The number of aromatic nitrogens is 4. The van der Waals surface area contributed by atoms with Gasteiger partial charge in [-0.05, 0) is 37.9 Å². The van der Waals surface area contributed by atoms with E-state index in [0.717, 1.165) is 29.5 Å². The van der Waals surface area contributed by atoms with E-state index in [1.54, 1.807) is 18.2 Å². The van der Waals surface area contributed by atoms with Crippen molar-refractivity contribution in [1.82, 2.24) is 29.8 Å². The van der Waals surface area contributed by atoms with Gasteiger partial charge in [0.2, 0.25) is 5.91 Å². The monoisotopic (exact) mass is 432 g/mol. The molecule has 0 radical (unpaired) electrons. The van der Waals surface area contributed by atoms with E-state index in [0.29, 0.717) is 30.4 Å². The van der Waals surface area contributed by atoms with Crippen molar-refractivity contribution in [2.24, 2.45) is 0 Å². The summed E-state index contributed by atoms with van der Waals surface area (Å²) >= 11 is 0. The molecule has 1 aliphatic heterocycles. The van der Waals surface area contributed by atoms with Gasteiger partial charge in [0.25, 0.3) is 11.6 Å². The van der Waals surface area contributed by atoms with E-state index < -0.39 is 12.0 Å². The van der Waals surface area contributed by atoms with Crippen LogP contribution in [0.4, 0.5) is 13.2 Å². The molecule has 0 saturated carbocycles. The van der Waals surface area contributed by atoms with Gasteiger partial charge in [-0.2, -0.15) is 22.7 Å². The smallest absolute Gasteiger partial charge is 0.351 e. The summed E-state index contributed by atoms with van der Waals surface area (Å²) in [4.78, 5) is 21.8. The van der Waals surface area contributed by atoms with Crippen LogP contribution in [0.2, 0.25) is 0 Å². The number of halogens is 3. The number of carbonyl (C=O) groups is 1. The van der Waals surface area contributed by atoms with Crippen molar-refractivity contribution in [3.8, 4) is 11.3 Å². The van der Waals surface area contributed by atoms with Crippen molar-refractivity contribution in [2.75, 3.05) is 13.1 Å². The number of benzene rings is 1. The largest absolute Gasteiger partial charge is 0.453 e. The quantitative estimate of drug-likeness (QED) is 0.670. The van der Waals surface area contributed by atoms with Crippen molar-refractivity contribution >= 4 is 11.7 Å². The second-order valence-corrected chi connectivity index (χ2v) is 7.76. The Hall–Kier alpha value is -3.01. The lowest BCUT2D eigenvalue weighted by Gasteiger charge is -2.32. The summed E-state index contributed by atoms with van der Waals surface area (Å²) in [6.07, 6.45) is 0.209. The van der Waals surface area contributed by atoms with Gasteiger partial charge in [-0.15, -0.1) is 5.10 Å². The number of carbonyl (C=O) groups excluding carboxylic acids is 1. The molecule has 0 aliphatic carbocycles. The summed E-state index contributed by atoms with van der Waals surface area (Å²) in [5, 5.41) is 6.49. The minimum Gasteiger partial charge on any atom is -0.351 e. The fourth-order valence-corrected chi connectivity index (χ4v) is 3.76. The maximum absolute atomic E-state index is 12.9. The number of amides is 1. The number of hydrogen-bond donors (Lipinski definition) is 1. The average Bonchev–Trinajstić information content (AvgIpc) is 3.19. The zero-order valence-electron chi connectivity index (χ0n) is 17.1. The molecule has 0 spiro atoms. The molecule has 1 N–H and O–H groups in total. The van der Waals surface area contributed by atoms with Crippen LogP contribution in [0.25, 0.3) is 17.0 Å². The Labute approximate surface area is 177 Å². The van der Waals surface area contributed by atoms with Crippen LogP contribution < -0.4 is 5.32 Å². The molecule has 1 aliphatic rings. The number of hydrogen-bond acceptors (Lipinski definition) is 5. The summed E-state index contributed by atoms with van der Waals surface area (Å²) in [5.41, 5.74) is 2.01. The zero-order valence-corrected chi connectivity index (χ0v) is 17.1. The minimum atomic E-state index is -4.64. The van der Waals surface area contributed by atoms with Gasteiger partial charge in [-0.3, -0.25) is 9.69 Å². The number of nitrogens with one attached hydrogen (secondary N) is 1. The number of piperidine rings is 1. The van der Waals surface area contributed by atoms with Crippen LogP contribution in [-0.2, 0) is 17.5 Å². The molecular formula is C21H23F3N6O. The van der Waals surface area contributed by atoms with E-state index in [4.69, 9.17) is 0 Å². The van der Waals surface area contributed by atoms with Gasteiger partial charge in [0, 0.05) is 24.3 Å². The van der Waals surface area contributed by atoms with Crippen LogP contribution in [0.15, 0.2) is 36.5 Å². The first-order valence-electron chi connectivity index (χ1n) is 10.2. The highest BCUT2D eigenvalue weighted by Gasteiger charge is 2.36. The van der Waals surface area contributed by atoms with Crippen molar-refractivity contribution in [3.05, 3.63) is 47.9 Å². The summed E-state index contributed by atoms with van der Waals surface area (Å²) < 4.78 is 39.9. The molecular weight excluding hydrogens is 409 g/mol. The van der Waals surface area contributed by atoms with Crippen molar-refractivity contribution < 1.29 is 18.0 Å². The van der Waals surface area contributed by atoms with Gasteiger partial charge < -0.3 is 5.32 Å². The highest BCUT2D eigenvalue weighted by molar-refractivity contribution is 5.78. The third kappa shape index (κ3) is 4.84. The van der Waals surface area contributed by atoms with Crippen LogP contribution in [0.5, 0.6) is 0 Å². The summed E-state index contributed by atoms with van der Waals surface area (Å²) in [5.74, 6) is -1.36. The second kappa shape index (κ2) is 8.62. The first-order valence-corrected chi connectivity index (χ1v) is 10.2. The van der Waals surface area contributed by atoms with E-state index in [2.05, 4.69) is 32.2 Å². The molecule has 3 heterocycles. The summed E-state index contributed by atoms with van der Waals surface area (Å²) in [6, 6.07) is 9.21. The predicted octanol–water partition coefficient (Wildman–Crippen LogP) is 3.30. The SMILES string of the molecule is CC1CCCCN1CC(=O)NCc1ccc(-c2ccnc3nc(C(F)(F)F)nn23)cc1. The van der Waals surface area contributed by atoms with E-state index in [9.17, 15) is 18.0 Å². The van der Waals surface area contributed by atoms with Gasteiger partial charge in [-0.1, -0.05) is 30.7 Å². The Morgan fingerprint density at radius 3 is 2.68 bits per heavy atom. The molecule has 1 fully saturated rings. The molecule has 1 aromatic carbocycles. The fraction of sp³-hybridized carbons (Fsp3) is 0.429. The third-order valence-corrected chi connectivity index (χ3v) is 5.52. The van der Waals surface area contributed by atoms with Crippen LogP contribution in [0.3, 0.4) is 0 Å². The first-order chi connectivity index (χ1) is 14.8. The van der Waals surface area contributed by atoms with Crippen molar-refractivity contribution in [3.63, 3.8) is 0 Å². The van der Waals surface area contributed by atoms with Gasteiger partial charge >= 0.3 is 6.18 Å². The van der Waals surface area contributed by atoms with E-state index in [-0.39, 0.29) is 11.7 Å². The fourth-order valence-electron chi connectivity index (χ4n) is 3.76. The highest BCUT2D eigenvalue weighted by atomic mass is 19.4. The van der Waals surface area contributed by atoms with Crippen molar-refractivity contribution in [1.29, 1.82) is 0 Å². The summed E-state index contributed by atoms with van der Waals surface area (Å²) in [7, 11) is 0. The van der Waals surface area contributed by atoms with Gasteiger partial charge in [-0.25, -0.2) is 4.98 Å². The van der Waals surface area contributed by atoms with Crippen LogP contribution >= 0.6 is 0 Å². The van der Waals surface area contributed by atoms with Crippen LogP contribution in [0, 0.1) is 0 Å². The lowest BCUT2D eigenvalue weighted by Crippen LogP contribution is -2.44. The minimum absolute atomic E-state index is 0.0176. The number of nitrogens with zero attached hydrogens (tertiary/aromatic N) is 5. The molecule has 164 valence electrons. The Morgan fingerprint density at radius 1 is 1.19 bits per heavy atom. The van der Waals surface area contributed by atoms with E-state index in [1.807, 2.05) is 12.1 Å². The van der Waals surface area contributed by atoms with Gasteiger partial charge in [0.15, 0.2) is 0 Å². The second-order valence-electron chi connectivity index (χ2n) is 7.76. The Morgan fingerprint density at radius 2 is 1.97 bits per heavy atom. The van der Waals surface area contributed by atoms with Crippen LogP contribution in [0.1, 0.15) is 37.6 Å². The molecule has 4 rings (SSSR count). The number of fused-ring (bicyclic) bond motifs is 1. The Bertz CT molecular complexity index is 1060. The highest BCUT2D eigenvalue weighted by Crippen LogP contribution is 2.28. The van der Waals surface area contributed by atoms with Crippen LogP contribution in [-0.4, -0.2) is 49.5 Å². The maximum atomic E-state index is 12.9. The summed E-state index contributed by atoms with van der Waals surface area (Å²) in [6.45, 7) is 3.87. The van der Waals surface area contributed by atoms with Gasteiger partial charge in [0.05, 0.1) is 12.2 Å². The Balaban J connectivity index is 1.42. The number of rotatable bonds is 5. The molecule has 31 heavy (non-hydrogen) atoms.